The Labute approximate surface area is 143 Å². The maximum atomic E-state index is 13.1. The van der Waals surface area contributed by atoms with Crippen molar-refractivity contribution in [3.63, 3.8) is 0 Å². The molecule has 24 heavy (non-hydrogen) atoms. The van der Waals surface area contributed by atoms with E-state index in [1.165, 1.54) is 12.2 Å². The molecule has 1 amide bonds. The van der Waals surface area contributed by atoms with Crippen LogP contribution in [0.4, 0.5) is 0 Å². The van der Waals surface area contributed by atoms with Gasteiger partial charge in [-0.05, 0) is 50.3 Å². The van der Waals surface area contributed by atoms with E-state index in [9.17, 15) is 9.90 Å². The largest absolute Gasteiger partial charge is 0.509 e. The van der Waals surface area contributed by atoms with Crippen LogP contribution in [0.5, 0.6) is 0 Å². The third kappa shape index (κ3) is 2.72. The van der Waals surface area contributed by atoms with E-state index in [-0.39, 0.29) is 24.4 Å². The van der Waals surface area contributed by atoms with Crippen LogP contribution in [0.25, 0.3) is 5.57 Å². The molecule has 1 heterocycles. The van der Waals surface area contributed by atoms with E-state index in [2.05, 4.69) is 0 Å². The number of aryl methyl sites for hydroxylation is 3. The van der Waals surface area contributed by atoms with Crippen LogP contribution >= 0.6 is 0 Å². The average molecular weight is 333 g/mol. The minimum absolute atomic E-state index is 0.0399. The highest BCUT2D eigenvalue weighted by Gasteiger charge is 2.53. The smallest absolute Gasteiger partial charge is 0.282 e. The average Bonchev–Trinajstić information content (AvgIpc) is 2.66. The van der Waals surface area contributed by atoms with Gasteiger partial charge in [0.25, 0.3) is 5.91 Å². The molecule has 132 valence electrons. The second-order valence-electron chi connectivity index (χ2n) is 6.93. The van der Waals surface area contributed by atoms with E-state index in [0.717, 1.165) is 22.3 Å². The monoisotopic (exact) mass is 333 g/mol. The number of hydrogen-bond donors (Lipinski definition) is 1. The highest BCUT2D eigenvalue weighted by Crippen LogP contribution is 2.44. The first-order valence-electron chi connectivity index (χ1n) is 8.14. The van der Waals surface area contributed by atoms with Crippen molar-refractivity contribution in [2.24, 2.45) is 5.92 Å². The Morgan fingerprint density at radius 1 is 1.21 bits per heavy atom. The molecule has 1 aliphatic rings. The molecule has 0 aromatic heterocycles. The number of amides is 1. The molecule has 0 saturated carbocycles. The fourth-order valence-corrected chi connectivity index (χ4v) is 3.37. The second kappa shape index (κ2) is 6.57. The van der Waals surface area contributed by atoms with Gasteiger partial charge in [-0.25, -0.2) is 9.90 Å². The Balaban J connectivity index is 2.66. The minimum atomic E-state index is -0.936. The molecule has 0 saturated heterocycles. The molecule has 1 N–H and O–H groups in total. The Bertz CT molecular complexity index is 670. The highest BCUT2D eigenvalue weighted by atomic mass is 16.8. The summed E-state index contributed by atoms with van der Waals surface area (Å²) in [4.78, 5) is 18.6. The van der Waals surface area contributed by atoms with Gasteiger partial charge in [-0.2, -0.15) is 0 Å². The first-order valence-corrected chi connectivity index (χ1v) is 8.14. The van der Waals surface area contributed by atoms with Gasteiger partial charge in [-0.1, -0.05) is 31.5 Å². The molecule has 1 atom stereocenters. The Morgan fingerprint density at radius 2 is 1.75 bits per heavy atom. The Hall–Kier alpha value is -1.85. The molecule has 0 radical (unpaired) electrons. The number of ether oxygens (including phenoxy) is 1. The number of carbonyl (C=O) groups is 1. The summed E-state index contributed by atoms with van der Waals surface area (Å²) < 4.78 is 4.95. The van der Waals surface area contributed by atoms with Gasteiger partial charge < -0.3 is 9.84 Å². The summed E-state index contributed by atoms with van der Waals surface area (Å²) in [6, 6.07) is 4.03. The number of hydroxylamine groups is 2. The number of methoxy groups -OCH3 is 1. The minimum Gasteiger partial charge on any atom is -0.509 e. The van der Waals surface area contributed by atoms with E-state index in [1.54, 1.807) is 0 Å². The van der Waals surface area contributed by atoms with Crippen LogP contribution in [-0.2, 0) is 14.4 Å². The van der Waals surface area contributed by atoms with Crippen molar-refractivity contribution in [2.75, 3.05) is 13.9 Å². The van der Waals surface area contributed by atoms with Gasteiger partial charge >= 0.3 is 0 Å². The van der Waals surface area contributed by atoms with Crippen LogP contribution in [0.2, 0.25) is 0 Å². The number of nitrogens with zero attached hydrogens (tertiary/aromatic N) is 1. The number of benzene rings is 1. The van der Waals surface area contributed by atoms with Gasteiger partial charge in [-0.3, -0.25) is 4.79 Å². The summed E-state index contributed by atoms with van der Waals surface area (Å²) in [6.45, 7) is 11.6. The summed E-state index contributed by atoms with van der Waals surface area (Å²) >= 11 is 0. The second-order valence-corrected chi connectivity index (χ2v) is 6.93. The third-order valence-electron chi connectivity index (χ3n) is 4.89. The fourth-order valence-electron chi connectivity index (χ4n) is 3.37. The Morgan fingerprint density at radius 3 is 2.21 bits per heavy atom. The van der Waals surface area contributed by atoms with Gasteiger partial charge in [0, 0.05) is 7.11 Å². The van der Waals surface area contributed by atoms with Gasteiger partial charge in [0.05, 0.1) is 5.57 Å². The summed E-state index contributed by atoms with van der Waals surface area (Å²) in [7, 11) is 1.50. The molecular weight excluding hydrogens is 306 g/mol. The molecular formula is C19H27NO4. The molecule has 5 heteroatoms. The molecule has 5 nitrogen and oxygen atoms in total. The van der Waals surface area contributed by atoms with E-state index >= 15 is 0 Å². The molecule has 0 bridgehead atoms. The van der Waals surface area contributed by atoms with Gasteiger partial charge in [0.1, 0.15) is 11.3 Å². The molecule has 2 rings (SSSR count). The van der Waals surface area contributed by atoms with E-state index in [0.29, 0.717) is 5.57 Å². The zero-order valence-electron chi connectivity index (χ0n) is 15.6. The lowest BCUT2D eigenvalue weighted by molar-refractivity contribution is -0.247. The van der Waals surface area contributed by atoms with Crippen molar-refractivity contribution in [2.45, 2.75) is 47.1 Å². The van der Waals surface area contributed by atoms with Crippen molar-refractivity contribution in [3.8, 4) is 0 Å². The summed E-state index contributed by atoms with van der Waals surface area (Å²) in [6.07, 6.45) is 0. The number of carbonyl (C=O) groups excluding carboxylic acids is 1. The summed E-state index contributed by atoms with van der Waals surface area (Å²) in [5.74, 6) is -0.327. The van der Waals surface area contributed by atoms with Crippen molar-refractivity contribution in [1.29, 1.82) is 0 Å². The van der Waals surface area contributed by atoms with Crippen LogP contribution in [-0.4, -0.2) is 35.5 Å². The van der Waals surface area contributed by atoms with Crippen LogP contribution in [0, 0.1) is 26.7 Å². The Kier molecular flexibility index (Phi) is 5.06. The number of aliphatic hydroxyl groups excluding tert-OH is 1. The first kappa shape index (κ1) is 18.5. The van der Waals surface area contributed by atoms with Crippen LogP contribution in [0.3, 0.4) is 0 Å². The van der Waals surface area contributed by atoms with Crippen molar-refractivity contribution in [3.05, 3.63) is 40.1 Å². The number of hydrogen-bond acceptors (Lipinski definition) is 4. The predicted octanol–water partition coefficient (Wildman–Crippen LogP) is 3.67. The molecule has 1 aromatic carbocycles. The van der Waals surface area contributed by atoms with E-state index in [1.807, 2.05) is 53.7 Å². The quantitative estimate of drug-likeness (QED) is 0.835. The van der Waals surface area contributed by atoms with E-state index < -0.39 is 5.54 Å². The predicted molar refractivity (Wildman–Crippen MR) is 93.3 cm³/mol. The number of aliphatic hydroxyl groups is 1. The third-order valence-corrected chi connectivity index (χ3v) is 4.89. The maximum absolute atomic E-state index is 13.1. The lowest BCUT2D eigenvalue weighted by Crippen LogP contribution is -2.50. The number of rotatable bonds is 5. The summed E-state index contributed by atoms with van der Waals surface area (Å²) in [5.41, 5.74) is 3.20. The first-order chi connectivity index (χ1) is 11.2. The SMILES string of the molecule is COCON1C(=O)C(c2c(C)cc(C)cc2C)=C(O)C1(C)C(C)C. The van der Waals surface area contributed by atoms with Crippen molar-refractivity contribution in [1.82, 2.24) is 5.06 Å². The molecule has 0 aliphatic carbocycles. The molecule has 1 aromatic rings. The lowest BCUT2D eigenvalue weighted by atomic mass is 9.85. The molecule has 1 unspecified atom stereocenters. The van der Waals surface area contributed by atoms with E-state index in [4.69, 9.17) is 9.57 Å². The fraction of sp³-hybridized carbons (Fsp3) is 0.526. The van der Waals surface area contributed by atoms with Crippen LogP contribution < -0.4 is 0 Å². The zero-order chi connectivity index (χ0) is 18.2. The molecule has 1 aliphatic heterocycles. The topological polar surface area (TPSA) is 59.0 Å². The van der Waals surface area contributed by atoms with Crippen molar-refractivity contribution >= 4 is 11.5 Å². The lowest BCUT2D eigenvalue weighted by Gasteiger charge is -2.37. The summed E-state index contributed by atoms with van der Waals surface area (Å²) in [5, 5.41) is 12.2. The normalized spacial score (nSPS) is 21.3. The van der Waals surface area contributed by atoms with Crippen molar-refractivity contribution < 1.29 is 19.5 Å². The van der Waals surface area contributed by atoms with Gasteiger partial charge in [0.15, 0.2) is 6.79 Å². The molecule has 0 spiro atoms. The standard InChI is InChI=1S/C19H27NO4/c1-11(2)19(6)17(21)16(18(22)20(19)24-10-23-7)15-13(4)8-12(3)9-14(15)5/h8-9,11,21H,10H2,1-7H3. The van der Waals surface area contributed by atoms with Gasteiger partial charge in [-0.15, -0.1) is 0 Å². The molecule has 0 fully saturated rings. The van der Waals surface area contributed by atoms with Crippen LogP contribution in [0.15, 0.2) is 17.9 Å². The van der Waals surface area contributed by atoms with Crippen LogP contribution in [0.1, 0.15) is 43.0 Å². The maximum Gasteiger partial charge on any atom is 0.282 e. The van der Waals surface area contributed by atoms with Gasteiger partial charge in [0.2, 0.25) is 0 Å². The highest BCUT2D eigenvalue weighted by molar-refractivity contribution is 6.23. The zero-order valence-corrected chi connectivity index (χ0v) is 15.6.